The number of hydrogen-bond donors (Lipinski definition) is 2. The Morgan fingerprint density at radius 3 is 2.35 bits per heavy atom. The minimum atomic E-state index is -0.346. The summed E-state index contributed by atoms with van der Waals surface area (Å²) in [4.78, 5) is 11.5. The van der Waals surface area contributed by atoms with E-state index in [1.54, 1.807) is 0 Å². The second kappa shape index (κ2) is 10.5. The molecule has 0 aliphatic carbocycles. The standard InChI is InChI=1S/C12H26N2O3/c1-4-16-12(17-5-2)9-14-11(15)7-6-10(3)8-13/h10,12H,4-9,13H2,1-3H3,(H,14,15). The van der Waals surface area contributed by atoms with Crippen LogP contribution in [0.4, 0.5) is 0 Å². The van der Waals surface area contributed by atoms with Crippen LogP contribution in [0.5, 0.6) is 0 Å². The maximum atomic E-state index is 11.5. The highest BCUT2D eigenvalue weighted by atomic mass is 16.7. The van der Waals surface area contributed by atoms with Crippen LogP contribution in [0.15, 0.2) is 0 Å². The molecule has 0 aliphatic rings. The van der Waals surface area contributed by atoms with Crippen LogP contribution in [0, 0.1) is 5.92 Å². The Hall–Kier alpha value is -0.650. The monoisotopic (exact) mass is 246 g/mol. The molecule has 0 spiro atoms. The van der Waals surface area contributed by atoms with Crippen molar-refractivity contribution in [3.05, 3.63) is 0 Å². The Bertz CT molecular complexity index is 194. The lowest BCUT2D eigenvalue weighted by Gasteiger charge is -2.17. The highest BCUT2D eigenvalue weighted by Crippen LogP contribution is 2.02. The van der Waals surface area contributed by atoms with Crippen LogP contribution in [0.2, 0.25) is 0 Å². The van der Waals surface area contributed by atoms with Gasteiger partial charge in [0.05, 0.1) is 6.54 Å². The molecule has 1 unspecified atom stereocenters. The molecule has 0 aromatic heterocycles. The highest BCUT2D eigenvalue weighted by Gasteiger charge is 2.10. The summed E-state index contributed by atoms with van der Waals surface area (Å²) in [6.07, 6.45) is 0.973. The Morgan fingerprint density at radius 1 is 1.29 bits per heavy atom. The largest absolute Gasteiger partial charge is 0.351 e. The van der Waals surface area contributed by atoms with Crippen molar-refractivity contribution in [2.75, 3.05) is 26.3 Å². The SMILES string of the molecule is CCOC(CNC(=O)CCC(C)CN)OCC. The van der Waals surface area contributed by atoms with Gasteiger partial charge in [-0.3, -0.25) is 4.79 Å². The number of carbonyl (C=O) groups is 1. The molecule has 0 rings (SSSR count). The quantitative estimate of drug-likeness (QED) is 0.561. The second-order valence-corrected chi connectivity index (χ2v) is 4.02. The molecule has 1 atom stereocenters. The first kappa shape index (κ1) is 16.4. The molecule has 102 valence electrons. The average Bonchev–Trinajstić information content (AvgIpc) is 2.33. The first-order valence-corrected chi connectivity index (χ1v) is 6.33. The van der Waals surface area contributed by atoms with Crippen LogP contribution in [0.25, 0.3) is 0 Å². The summed E-state index contributed by atoms with van der Waals surface area (Å²) in [6, 6.07) is 0. The minimum Gasteiger partial charge on any atom is -0.351 e. The molecule has 0 fully saturated rings. The van der Waals surface area contributed by atoms with E-state index < -0.39 is 0 Å². The predicted octanol–water partition coefficient (Wildman–Crippen LogP) is 0.877. The summed E-state index contributed by atoms with van der Waals surface area (Å²) < 4.78 is 10.6. The number of nitrogens with two attached hydrogens (primary N) is 1. The molecule has 0 saturated heterocycles. The van der Waals surface area contributed by atoms with Crippen LogP contribution >= 0.6 is 0 Å². The third-order valence-corrected chi connectivity index (χ3v) is 2.44. The van der Waals surface area contributed by atoms with Crippen LogP contribution in [0.3, 0.4) is 0 Å². The van der Waals surface area contributed by atoms with Crippen molar-refractivity contribution in [1.29, 1.82) is 0 Å². The summed E-state index contributed by atoms with van der Waals surface area (Å²) in [5, 5.41) is 2.80. The molecule has 0 heterocycles. The Balaban J connectivity index is 3.71. The Morgan fingerprint density at radius 2 is 1.88 bits per heavy atom. The molecule has 5 heteroatoms. The molecule has 0 bridgehead atoms. The zero-order valence-corrected chi connectivity index (χ0v) is 11.2. The van der Waals surface area contributed by atoms with E-state index in [9.17, 15) is 4.79 Å². The summed E-state index contributed by atoms with van der Waals surface area (Å²) in [5.41, 5.74) is 5.49. The van der Waals surface area contributed by atoms with E-state index in [1.807, 2.05) is 20.8 Å². The lowest BCUT2D eigenvalue weighted by Crippen LogP contribution is -2.35. The van der Waals surface area contributed by atoms with Crippen molar-refractivity contribution in [2.24, 2.45) is 11.7 Å². The smallest absolute Gasteiger partial charge is 0.220 e. The molecule has 0 aliphatic heterocycles. The van der Waals surface area contributed by atoms with Crippen LogP contribution in [-0.2, 0) is 14.3 Å². The van der Waals surface area contributed by atoms with Crippen molar-refractivity contribution < 1.29 is 14.3 Å². The molecule has 0 aromatic rings. The molecule has 0 radical (unpaired) electrons. The van der Waals surface area contributed by atoms with Gasteiger partial charge in [0, 0.05) is 19.6 Å². The van der Waals surface area contributed by atoms with E-state index in [1.165, 1.54) is 0 Å². The third-order valence-electron chi connectivity index (χ3n) is 2.44. The second-order valence-electron chi connectivity index (χ2n) is 4.02. The fourth-order valence-corrected chi connectivity index (χ4v) is 1.32. The molecule has 3 N–H and O–H groups in total. The van der Waals surface area contributed by atoms with Crippen LogP contribution in [0.1, 0.15) is 33.6 Å². The summed E-state index contributed by atoms with van der Waals surface area (Å²) in [5.74, 6) is 0.407. The lowest BCUT2D eigenvalue weighted by molar-refractivity contribution is -0.140. The van der Waals surface area contributed by atoms with Gasteiger partial charge in [-0.05, 0) is 32.7 Å². The minimum absolute atomic E-state index is 0.0229. The van der Waals surface area contributed by atoms with Crippen LogP contribution in [-0.4, -0.2) is 38.5 Å². The number of rotatable bonds is 10. The number of carbonyl (C=O) groups excluding carboxylic acids is 1. The topological polar surface area (TPSA) is 73.6 Å². The van der Waals surface area contributed by atoms with Gasteiger partial charge in [0.2, 0.25) is 5.91 Å². The fraction of sp³-hybridized carbons (Fsp3) is 0.917. The van der Waals surface area contributed by atoms with Gasteiger partial charge in [-0.2, -0.15) is 0 Å². The van der Waals surface area contributed by atoms with E-state index in [-0.39, 0.29) is 12.2 Å². The Kier molecular flexibility index (Phi) is 10.1. The van der Waals surface area contributed by atoms with Crippen molar-refractivity contribution >= 4 is 5.91 Å². The van der Waals surface area contributed by atoms with Gasteiger partial charge in [0.25, 0.3) is 0 Å². The molecule has 0 aromatic carbocycles. The van der Waals surface area contributed by atoms with Crippen molar-refractivity contribution in [1.82, 2.24) is 5.32 Å². The van der Waals surface area contributed by atoms with Gasteiger partial charge in [-0.25, -0.2) is 0 Å². The molecular formula is C12H26N2O3. The van der Waals surface area contributed by atoms with E-state index in [4.69, 9.17) is 15.2 Å². The van der Waals surface area contributed by atoms with E-state index in [2.05, 4.69) is 5.32 Å². The summed E-state index contributed by atoms with van der Waals surface area (Å²) in [6.45, 7) is 8.00. The fourth-order valence-electron chi connectivity index (χ4n) is 1.32. The maximum absolute atomic E-state index is 11.5. The van der Waals surface area contributed by atoms with Gasteiger partial charge in [-0.1, -0.05) is 6.92 Å². The lowest BCUT2D eigenvalue weighted by atomic mass is 10.1. The molecule has 17 heavy (non-hydrogen) atoms. The maximum Gasteiger partial charge on any atom is 0.220 e. The summed E-state index contributed by atoms with van der Waals surface area (Å²) >= 11 is 0. The normalized spacial score (nSPS) is 12.8. The first-order chi connectivity index (χ1) is 8.13. The average molecular weight is 246 g/mol. The molecular weight excluding hydrogens is 220 g/mol. The number of nitrogens with one attached hydrogen (secondary N) is 1. The molecule has 1 amide bonds. The van der Waals surface area contributed by atoms with Gasteiger partial charge in [0.1, 0.15) is 0 Å². The highest BCUT2D eigenvalue weighted by molar-refractivity contribution is 5.75. The van der Waals surface area contributed by atoms with Crippen molar-refractivity contribution in [3.8, 4) is 0 Å². The first-order valence-electron chi connectivity index (χ1n) is 6.33. The van der Waals surface area contributed by atoms with Gasteiger partial charge in [0.15, 0.2) is 6.29 Å². The zero-order chi connectivity index (χ0) is 13.1. The van der Waals surface area contributed by atoms with Gasteiger partial charge < -0.3 is 20.5 Å². The van der Waals surface area contributed by atoms with Crippen molar-refractivity contribution in [3.63, 3.8) is 0 Å². The number of ether oxygens (including phenoxy) is 2. The zero-order valence-electron chi connectivity index (χ0n) is 11.2. The molecule has 0 saturated carbocycles. The molecule has 5 nitrogen and oxygen atoms in total. The van der Waals surface area contributed by atoms with E-state index in [0.717, 1.165) is 6.42 Å². The van der Waals surface area contributed by atoms with Crippen LogP contribution < -0.4 is 11.1 Å². The number of hydrogen-bond acceptors (Lipinski definition) is 4. The summed E-state index contributed by atoms with van der Waals surface area (Å²) in [7, 11) is 0. The number of amides is 1. The third kappa shape index (κ3) is 9.09. The van der Waals surface area contributed by atoms with Crippen molar-refractivity contribution in [2.45, 2.75) is 39.9 Å². The Labute approximate surface area is 104 Å². The predicted molar refractivity (Wildman–Crippen MR) is 67.5 cm³/mol. The van der Waals surface area contributed by atoms with E-state index in [0.29, 0.717) is 38.6 Å². The van der Waals surface area contributed by atoms with Gasteiger partial charge in [-0.15, -0.1) is 0 Å². The van der Waals surface area contributed by atoms with Gasteiger partial charge >= 0.3 is 0 Å². The van der Waals surface area contributed by atoms with E-state index >= 15 is 0 Å².